The quantitative estimate of drug-likeness (QED) is 0.573. The average Bonchev–Trinajstić information content (AvgIpc) is 2.64. The fourth-order valence-electron chi connectivity index (χ4n) is 2.22. The molecular formula is C18H18FN5O. The normalized spacial score (nSPS) is 10.5. The fourth-order valence-corrected chi connectivity index (χ4v) is 2.22. The van der Waals surface area contributed by atoms with Crippen molar-refractivity contribution in [2.45, 2.75) is 6.42 Å². The number of aliphatic hydroxyl groups is 1. The Bertz CT molecular complexity index is 811. The molecule has 2 heterocycles. The predicted molar refractivity (Wildman–Crippen MR) is 95.1 cm³/mol. The molecule has 0 amide bonds. The van der Waals surface area contributed by atoms with Crippen LogP contribution in [0.1, 0.15) is 6.42 Å². The molecule has 25 heavy (non-hydrogen) atoms. The number of hydrogen-bond donors (Lipinski definition) is 3. The Labute approximate surface area is 144 Å². The maximum atomic E-state index is 13.1. The van der Waals surface area contributed by atoms with Gasteiger partial charge in [-0.3, -0.25) is 4.98 Å². The van der Waals surface area contributed by atoms with Crippen molar-refractivity contribution >= 4 is 17.5 Å². The van der Waals surface area contributed by atoms with E-state index < -0.39 is 0 Å². The Morgan fingerprint density at radius 3 is 2.48 bits per heavy atom. The number of rotatable bonds is 7. The van der Waals surface area contributed by atoms with Crippen molar-refractivity contribution in [2.75, 3.05) is 23.8 Å². The highest BCUT2D eigenvalue weighted by atomic mass is 19.1. The second kappa shape index (κ2) is 8.16. The van der Waals surface area contributed by atoms with Crippen LogP contribution in [-0.2, 0) is 0 Å². The molecule has 0 fully saturated rings. The van der Waals surface area contributed by atoms with Crippen LogP contribution in [0, 0.1) is 5.82 Å². The fraction of sp³-hybridized carbons (Fsp3) is 0.167. The van der Waals surface area contributed by atoms with Gasteiger partial charge in [-0.15, -0.1) is 0 Å². The molecule has 0 saturated carbocycles. The molecule has 0 aliphatic carbocycles. The van der Waals surface area contributed by atoms with Gasteiger partial charge in [-0.2, -0.15) is 4.98 Å². The first kappa shape index (κ1) is 16.8. The third-order valence-electron chi connectivity index (χ3n) is 3.44. The molecule has 0 atom stereocenters. The van der Waals surface area contributed by atoms with Crippen molar-refractivity contribution < 1.29 is 9.50 Å². The maximum absolute atomic E-state index is 13.1. The van der Waals surface area contributed by atoms with E-state index in [1.807, 2.05) is 18.2 Å². The lowest BCUT2D eigenvalue weighted by atomic mass is 10.2. The smallest absolute Gasteiger partial charge is 0.225 e. The number of nitrogens with zero attached hydrogens (tertiary/aromatic N) is 3. The van der Waals surface area contributed by atoms with Gasteiger partial charge in [0.1, 0.15) is 11.6 Å². The molecule has 0 spiro atoms. The lowest BCUT2D eigenvalue weighted by Gasteiger charge is -2.11. The molecule has 0 aliphatic heterocycles. The van der Waals surface area contributed by atoms with E-state index in [0.717, 1.165) is 16.9 Å². The number of benzene rings is 1. The number of hydrogen-bond acceptors (Lipinski definition) is 6. The zero-order valence-electron chi connectivity index (χ0n) is 13.5. The monoisotopic (exact) mass is 339 g/mol. The van der Waals surface area contributed by atoms with Gasteiger partial charge in [0.25, 0.3) is 0 Å². The molecule has 7 heteroatoms. The van der Waals surface area contributed by atoms with Crippen molar-refractivity contribution in [1.82, 2.24) is 15.0 Å². The van der Waals surface area contributed by atoms with Gasteiger partial charge in [-0.25, -0.2) is 9.37 Å². The SMILES string of the molecule is OCCCNc1nc(Nc2ccc(F)cc2)cc(-c2ccncc2)n1. The third kappa shape index (κ3) is 4.71. The summed E-state index contributed by atoms with van der Waals surface area (Å²) in [6.45, 7) is 0.657. The van der Waals surface area contributed by atoms with Gasteiger partial charge in [0.15, 0.2) is 0 Å². The largest absolute Gasteiger partial charge is 0.396 e. The van der Waals surface area contributed by atoms with Crippen LogP contribution in [0.2, 0.25) is 0 Å². The number of pyridine rings is 1. The van der Waals surface area contributed by atoms with Crippen LogP contribution in [0.25, 0.3) is 11.3 Å². The number of nitrogens with one attached hydrogen (secondary N) is 2. The number of aliphatic hydroxyl groups excluding tert-OH is 1. The summed E-state index contributed by atoms with van der Waals surface area (Å²) in [5, 5.41) is 15.2. The second-order valence-corrected chi connectivity index (χ2v) is 5.33. The minimum atomic E-state index is -0.294. The van der Waals surface area contributed by atoms with Crippen LogP contribution in [-0.4, -0.2) is 33.2 Å². The highest BCUT2D eigenvalue weighted by Gasteiger charge is 2.07. The van der Waals surface area contributed by atoms with Gasteiger partial charge in [0.2, 0.25) is 5.95 Å². The van der Waals surface area contributed by atoms with Crippen LogP contribution in [0.15, 0.2) is 54.9 Å². The van der Waals surface area contributed by atoms with Crippen molar-refractivity contribution in [3.63, 3.8) is 0 Å². The van der Waals surface area contributed by atoms with Gasteiger partial charge < -0.3 is 15.7 Å². The Morgan fingerprint density at radius 2 is 1.76 bits per heavy atom. The molecule has 0 radical (unpaired) electrons. The van der Waals surface area contributed by atoms with Gasteiger partial charge in [-0.05, 0) is 42.8 Å². The molecule has 128 valence electrons. The van der Waals surface area contributed by atoms with Crippen molar-refractivity contribution in [2.24, 2.45) is 0 Å². The van der Waals surface area contributed by atoms with E-state index in [2.05, 4.69) is 25.6 Å². The van der Waals surface area contributed by atoms with Crippen LogP contribution >= 0.6 is 0 Å². The minimum absolute atomic E-state index is 0.0950. The van der Waals surface area contributed by atoms with Crippen LogP contribution < -0.4 is 10.6 Å². The van der Waals surface area contributed by atoms with E-state index in [1.54, 1.807) is 24.5 Å². The molecule has 0 bridgehead atoms. The Morgan fingerprint density at radius 1 is 1.00 bits per heavy atom. The average molecular weight is 339 g/mol. The highest BCUT2D eigenvalue weighted by Crippen LogP contribution is 2.23. The zero-order valence-corrected chi connectivity index (χ0v) is 13.5. The molecule has 0 unspecified atom stereocenters. The standard InChI is InChI=1S/C18H18FN5O/c19-14-2-4-15(5-3-14)22-17-12-16(13-6-9-20-10-7-13)23-18(24-17)21-8-1-11-25/h2-7,9-10,12,25H,1,8,11H2,(H2,21,22,23,24). The number of anilines is 3. The summed E-state index contributed by atoms with van der Waals surface area (Å²) in [5.74, 6) is 0.740. The molecule has 3 rings (SSSR count). The summed E-state index contributed by atoms with van der Waals surface area (Å²) in [4.78, 5) is 12.9. The first-order valence-corrected chi connectivity index (χ1v) is 7.91. The van der Waals surface area contributed by atoms with Crippen LogP contribution in [0.4, 0.5) is 21.8 Å². The first-order chi connectivity index (χ1) is 12.2. The van der Waals surface area contributed by atoms with Crippen LogP contribution in [0.3, 0.4) is 0 Å². The van der Waals surface area contributed by atoms with E-state index in [0.29, 0.717) is 24.7 Å². The molecule has 3 aromatic rings. The molecule has 0 aliphatic rings. The summed E-state index contributed by atoms with van der Waals surface area (Å²) in [6.07, 6.45) is 4.00. The molecule has 2 aromatic heterocycles. The van der Waals surface area contributed by atoms with E-state index in [-0.39, 0.29) is 12.4 Å². The highest BCUT2D eigenvalue weighted by molar-refractivity contribution is 5.67. The van der Waals surface area contributed by atoms with E-state index >= 15 is 0 Å². The topological polar surface area (TPSA) is 83.0 Å². The zero-order chi connectivity index (χ0) is 17.5. The molecule has 0 saturated heterocycles. The summed E-state index contributed by atoms with van der Waals surface area (Å²) in [7, 11) is 0. The lowest BCUT2D eigenvalue weighted by molar-refractivity contribution is 0.292. The van der Waals surface area contributed by atoms with Crippen molar-refractivity contribution in [3.05, 3.63) is 60.7 Å². The molecular weight excluding hydrogens is 321 g/mol. The van der Waals surface area contributed by atoms with E-state index in [9.17, 15) is 4.39 Å². The van der Waals surface area contributed by atoms with Gasteiger partial charge in [-0.1, -0.05) is 0 Å². The Kier molecular flexibility index (Phi) is 5.48. The third-order valence-corrected chi connectivity index (χ3v) is 3.44. The predicted octanol–water partition coefficient (Wildman–Crippen LogP) is 3.22. The Hall–Kier alpha value is -3.06. The summed E-state index contributed by atoms with van der Waals surface area (Å²) >= 11 is 0. The molecule has 3 N–H and O–H groups in total. The lowest BCUT2D eigenvalue weighted by Crippen LogP contribution is -2.08. The molecule has 6 nitrogen and oxygen atoms in total. The van der Waals surface area contributed by atoms with Gasteiger partial charge in [0.05, 0.1) is 5.69 Å². The summed E-state index contributed by atoms with van der Waals surface area (Å²) < 4.78 is 13.1. The van der Waals surface area contributed by atoms with Crippen molar-refractivity contribution in [1.29, 1.82) is 0 Å². The van der Waals surface area contributed by atoms with Gasteiger partial charge in [0, 0.05) is 42.9 Å². The number of halogens is 1. The maximum Gasteiger partial charge on any atom is 0.225 e. The van der Waals surface area contributed by atoms with Gasteiger partial charge >= 0.3 is 0 Å². The minimum Gasteiger partial charge on any atom is -0.396 e. The van der Waals surface area contributed by atoms with E-state index in [1.165, 1.54) is 12.1 Å². The Balaban J connectivity index is 1.89. The number of aromatic nitrogens is 3. The first-order valence-electron chi connectivity index (χ1n) is 7.91. The summed E-state index contributed by atoms with van der Waals surface area (Å²) in [5.41, 5.74) is 2.36. The van der Waals surface area contributed by atoms with Crippen LogP contribution in [0.5, 0.6) is 0 Å². The molecule has 1 aromatic carbocycles. The van der Waals surface area contributed by atoms with Crippen molar-refractivity contribution in [3.8, 4) is 11.3 Å². The van der Waals surface area contributed by atoms with E-state index in [4.69, 9.17) is 5.11 Å². The second-order valence-electron chi connectivity index (χ2n) is 5.33. The summed E-state index contributed by atoms with van der Waals surface area (Å²) in [6, 6.07) is 11.6.